The van der Waals surface area contributed by atoms with Crippen molar-refractivity contribution in [2.45, 2.75) is 57.5 Å². The summed E-state index contributed by atoms with van der Waals surface area (Å²) in [5.74, 6) is 0.0757. The van der Waals surface area contributed by atoms with E-state index < -0.39 is 0 Å². The third-order valence-electron chi connectivity index (χ3n) is 4.55. The number of epoxide rings is 1. The molecule has 1 heterocycles. The van der Waals surface area contributed by atoms with E-state index in [0.717, 1.165) is 19.4 Å². The normalized spacial score (nSPS) is 36.1. The molecule has 0 amide bonds. The first-order valence-corrected chi connectivity index (χ1v) is 7.55. The van der Waals surface area contributed by atoms with Gasteiger partial charge in [0.1, 0.15) is 12.2 Å². The fourth-order valence-electron chi connectivity index (χ4n) is 3.36. The Morgan fingerprint density at radius 1 is 1.48 bits per heavy atom. The number of hydrogen-bond donors (Lipinski definition) is 0. The predicted molar refractivity (Wildman–Crippen MR) is 78.0 cm³/mol. The number of rotatable bonds is 7. The molecule has 0 bridgehead atoms. The van der Waals surface area contributed by atoms with Gasteiger partial charge in [-0.2, -0.15) is 0 Å². The molecular formula is C16H26O5. The first kappa shape index (κ1) is 16.5. The van der Waals surface area contributed by atoms with E-state index in [1.54, 1.807) is 7.11 Å². The van der Waals surface area contributed by atoms with Crippen molar-refractivity contribution < 1.29 is 23.7 Å². The molecule has 5 heteroatoms. The van der Waals surface area contributed by atoms with Crippen molar-refractivity contribution in [2.24, 2.45) is 5.92 Å². The Balaban J connectivity index is 2.07. The molecule has 1 spiro atoms. The standard InChI is InChI=1S/C16H26O5/c1-11(2)6-8-19-12(3)14-15(18-4)13(20-10-17)5-7-16(14)9-21-16/h6,10,12-15H,5,7-9H2,1-4H3/t12-,13?,14?,15?,16-/m0/s1. The van der Waals surface area contributed by atoms with Crippen molar-refractivity contribution >= 4 is 6.47 Å². The fourth-order valence-corrected chi connectivity index (χ4v) is 3.36. The van der Waals surface area contributed by atoms with Gasteiger partial charge in [-0.05, 0) is 33.6 Å². The van der Waals surface area contributed by atoms with Crippen molar-refractivity contribution in [3.8, 4) is 0 Å². The molecule has 2 fully saturated rings. The van der Waals surface area contributed by atoms with Crippen LogP contribution in [0.25, 0.3) is 0 Å². The summed E-state index contributed by atoms with van der Waals surface area (Å²) < 4.78 is 22.5. The van der Waals surface area contributed by atoms with Gasteiger partial charge in [-0.15, -0.1) is 0 Å². The molecule has 120 valence electrons. The summed E-state index contributed by atoms with van der Waals surface area (Å²) in [4.78, 5) is 10.7. The van der Waals surface area contributed by atoms with E-state index in [9.17, 15) is 4.79 Å². The van der Waals surface area contributed by atoms with E-state index in [1.165, 1.54) is 5.57 Å². The van der Waals surface area contributed by atoms with E-state index in [2.05, 4.69) is 6.08 Å². The maximum atomic E-state index is 10.7. The van der Waals surface area contributed by atoms with Crippen molar-refractivity contribution in [2.75, 3.05) is 20.3 Å². The van der Waals surface area contributed by atoms with E-state index >= 15 is 0 Å². The molecule has 0 radical (unpaired) electrons. The van der Waals surface area contributed by atoms with Crippen molar-refractivity contribution in [3.63, 3.8) is 0 Å². The number of hydrogen-bond acceptors (Lipinski definition) is 5. The van der Waals surface area contributed by atoms with E-state index in [4.69, 9.17) is 18.9 Å². The van der Waals surface area contributed by atoms with Crippen LogP contribution in [0.1, 0.15) is 33.6 Å². The van der Waals surface area contributed by atoms with Gasteiger partial charge in [-0.3, -0.25) is 4.79 Å². The topological polar surface area (TPSA) is 57.3 Å². The molecule has 2 rings (SSSR count). The molecule has 1 aliphatic heterocycles. The van der Waals surface area contributed by atoms with Crippen molar-refractivity contribution in [1.29, 1.82) is 0 Å². The lowest BCUT2D eigenvalue weighted by Gasteiger charge is -2.42. The van der Waals surface area contributed by atoms with Crippen LogP contribution in [0.4, 0.5) is 0 Å². The fraction of sp³-hybridized carbons (Fsp3) is 0.812. The summed E-state index contributed by atoms with van der Waals surface area (Å²) in [5.41, 5.74) is 1.07. The Bertz CT molecular complexity index is 384. The largest absolute Gasteiger partial charge is 0.462 e. The second-order valence-electron chi connectivity index (χ2n) is 6.21. The lowest BCUT2D eigenvalue weighted by atomic mass is 9.73. The monoisotopic (exact) mass is 298 g/mol. The van der Waals surface area contributed by atoms with E-state index in [0.29, 0.717) is 13.1 Å². The van der Waals surface area contributed by atoms with Crippen LogP contribution in [0.5, 0.6) is 0 Å². The van der Waals surface area contributed by atoms with Crippen molar-refractivity contribution in [1.82, 2.24) is 0 Å². The molecule has 0 N–H and O–H groups in total. The molecule has 1 aliphatic carbocycles. The van der Waals surface area contributed by atoms with Gasteiger partial charge < -0.3 is 18.9 Å². The zero-order chi connectivity index (χ0) is 15.5. The number of methoxy groups -OCH3 is 1. The first-order valence-electron chi connectivity index (χ1n) is 7.55. The van der Waals surface area contributed by atoms with Crippen LogP contribution < -0.4 is 0 Å². The van der Waals surface area contributed by atoms with Crippen LogP contribution in [-0.2, 0) is 23.7 Å². The molecule has 0 aromatic heterocycles. The zero-order valence-electron chi connectivity index (χ0n) is 13.3. The lowest BCUT2D eigenvalue weighted by molar-refractivity contribution is -0.165. The Morgan fingerprint density at radius 2 is 2.19 bits per heavy atom. The molecule has 5 nitrogen and oxygen atoms in total. The summed E-state index contributed by atoms with van der Waals surface area (Å²) in [6.07, 6.45) is 3.28. The molecule has 1 saturated carbocycles. The van der Waals surface area contributed by atoms with Crippen LogP contribution in [0, 0.1) is 5.92 Å². The van der Waals surface area contributed by atoms with Gasteiger partial charge in [0.25, 0.3) is 6.47 Å². The highest BCUT2D eigenvalue weighted by molar-refractivity contribution is 5.37. The molecule has 21 heavy (non-hydrogen) atoms. The first-order chi connectivity index (χ1) is 10.0. The van der Waals surface area contributed by atoms with Gasteiger partial charge in [0.15, 0.2) is 0 Å². The van der Waals surface area contributed by atoms with Gasteiger partial charge >= 0.3 is 0 Å². The van der Waals surface area contributed by atoms with Gasteiger partial charge in [0.2, 0.25) is 0 Å². The van der Waals surface area contributed by atoms with Crippen LogP contribution in [0.2, 0.25) is 0 Å². The van der Waals surface area contributed by atoms with E-state index in [-0.39, 0.29) is 29.8 Å². The summed E-state index contributed by atoms with van der Waals surface area (Å²) in [7, 11) is 1.66. The van der Waals surface area contributed by atoms with Gasteiger partial charge in [0, 0.05) is 13.0 Å². The third-order valence-corrected chi connectivity index (χ3v) is 4.55. The Hall–Kier alpha value is -0.910. The molecule has 1 saturated heterocycles. The maximum absolute atomic E-state index is 10.7. The Morgan fingerprint density at radius 3 is 2.71 bits per heavy atom. The quantitative estimate of drug-likeness (QED) is 0.409. The lowest BCUT2D eigenvalue weighted by Crippen LogP contribution is -2.53. The van der Waals surface area contributed by atoms with Crippen LogP contribution in [0.15, 0.2) is 11.6 Å². The zero-order valence-corrected chi connectivity index (χ0v) is 13.3. The molecular weight excluding hydrogens is 272 g/mol. The molecule has 2 aliphatic rings. The minimum atomic E-state index is -0.221. The minimum absolute atomic E-state index is 0.0221. The van der Waals surface area contributed by atoms with Gasteiger partial charge in [-0.25, -0.2) is 0 Å². The highest BCUT2D eigenvalue weighted by atomic mass is 16.6. The average molecular weight is 298 g/mol. The number of ether oxygens (including phenoxy) is 4. The minimum Gasteiger partial charge on any atom is -0.462 e. The smallest absolute Gasteiger partial charge is 0.293 e. The maximum Gasteiger partial charge on any atom is 0.293 e. The number of allylic oxidation sites excluding steroid dienone is 1. The summed E-state index contributed by atoms with van der Waals surface area (Å²) in [6, 6.07) is 0. The van der Waals surface area contributed by atoms with Crippen LogP contribution >= 0.6 is 0 Å². The molecule has 0 aromatic carbocycles. The Kier molecular flexibility index (Phi) is 5.41. The average Bonchev–Trinajstić information content (AvgIpc) is 3.20. The summed E-state index contributed by atoms with van der Waals surface area (Å²) in [5, 5.41) is 0. The number of carbonyl (C=O) groups is 1. The number of carbonyl (C=O) groups excluding carboxylic acids is 1. The van der Waals surface area contributed by atoms with Gasteiger partial charge in [0.05, 0.1) is 24.9 Å². The summed E-state index contributed by atoms with van der Waals surface area (Å²) in [6.45, 7) is 7.96. The summed E-state index contributed by atoms with van der Waals surface area (Å²) >= 11 is 0. The molecule has 3 unspecified atom stereocenters. The van der Waals surface area contributed by atoms with Crippen molar-refractivity contribution in [3.05, 3.63) is 11.6 Å². The van der Waals surface area contributed by atoms with Gasteiger partial charge in [-0.1, -0.05) is 11.6 Å². The van der Waals surface area contributed by atoms with Crippen LogP contribution in [0.3, 0.4) is 0 Å². The second kappa shape index (κ2) is 6.90. The van der Waals surface area contributed by atoms with Crippen LogP contribution in [-0.4, -0.2) is 50.7 Å². The second-order valence-corrected chi connectivity index (χ2v) is 6.21. The molecule has 0 aromatic rings. The third kappa shape index (κ3) is 3.65. The Labute approximate surface area is 126 Å². The SMILES string of the molecule is COC1C(OC=O)CC[C@]2(CO2)C1[C@H](C)OCC=C(C)C. The predicted octanol–water partition coefficient (Wildman–Crippen LogP) is 2.09. The highest BCUT2D eigenvalue weighted by Gasteiger charge is 2.61. The van der Waals surface area contributed by atoms with E-state index in [1.807, 2.05) is 20.8 Å². The highest BCUT2D eigenvalue weighted by Crippen LogP contribution is 2.49. The molecule has 5 atom stereocenters.